The molecule has 0 saturated carbocycles. The Balaban J connectivity index is 6.13. The van der Waals surface area contributed by atoms with Crippen LogP contribution in [0.5, 0.6) is 0 Å². The minimum absolute atomic E-state index is 0.469. The highest BCUT2D eigenvalue weighted by Gasteiger charge is 2.15. The molecule has 0 spiro atoms. The van der Waals surface area contributed by atoms with Crippen molar-refractivity contribution >= 4 is 0 Å². The molecule has 24 heavy (non-hydrogen) atoms. The van der Waals surface area contributed by atoms with E-state index in [4.69, 9.17) is 9.47 Å². The van der Waals surface area contributed by atoms with Crippen LogP contribution in [0.1, 0.15) is 34.1 Å². The molecule has 0 aromatic heterocycles. The highest BCUT2D eigenvalue weighted by molar-refractivity contribution is 5.52. The molecule has 0 bridgehead atoms. The van der Waals surface area contributed by atoms with Gasteiger partial charge in [-0.25, -0.2) is 4.39 Å². The van der Waals surface area contributed by atoms with Crippen LogP contribution in [0.2, 0.25) is 0 Å². The largest absolute Gasteiger partial charge is 0.493 e. The highest BCUT2D eigenvalue weighted by Crippen LogP contribution is 2.28. The van der Waals surface area contributed by atoms with E-state index in [-0.39, 0.29) is 0 Å². The van der Waals surface area contributed by atoms with Gasteiger partial charge in [-0.15, -0.1) is 0 Å². The molecule has 0 N–H and O–H groups in total. The van der Waals surface area contributed by atoms with E-state index >= 15 is 0 Å². The van der Waals surface area contributed by atoms with Crippen molar-refractivity contribution in [2.75, 3.05) is 26.5 Å². The van der Waals surface area contributed by atoms with Gasteiger partial charge in [0.05, 0.1) is 13.2 Å². The molecular formula is C21H31FO2. The molecule has 0 amide bonds. The van der Waals surface area contributed by atoms with Gasteiger partial charge in [0.15, 0.2) is 0 Å². The van der Waals surface area contributed by atoms with Crippen molar-refractivity contribution in [2.24, 2.45) is 0 Å². The molecule has 0 unspecified atom stereocenters. The summed E-state index contributed by atoms with van der Waals surface area (Å²) in [5.41, 5.74) is 3.04. The van der Waals surface area contributed by atoms with Crippen molar-refractivity contribution in [3.05, 3.63) is 71.6 Å². The quantitative estimate of drug-likeness (QED) is 0.253. The van der Waals surface area contributed by atoms with Gasteiger partial charge in [0.1, 0.15) is 12.4 Å². The average molecular weight is 334 g/mol. The number of rotatable bonds is 12. The van der Waals surface area contributed by atoms with E-state index < -0.39 is 6.67 Å². The molecule has 0 aliphatic rings. The first-order valence-corrected chi connectivity index (χ1v) is 8.45. The van der Waals surface area contributed by atoms with E-state index in [9.17, 15) is 4.39 Å². The second-order valence-electron chi connectivity index (χ2n) is 4.88. The summed E-state index contributed by atoms with van der Waals surface area (Å²) < 4.78 is 23.9. The summed E-state index contributed by atoms with van der Waals surface area (Å²) in [6.07, 6.45) is 13.5. The van der Waals surface area contributed by atoms with E-state index in [2.05, 4.69) is 6.58 Å². The van der Waals surface area contributed by atoms with Crippen LogP contribution in [-0.4, -0.2) is 26.5 Å². The summed E-state index contributed by atoms with van der Waals surface area (Å²) in [6, 6.07) is 0. The normalized spacial score (nSPS) is 14.4. The van der Waals surface area contributed by atoms with Crippen molar-refractivity contribution in [2.45, 2.75) is 34.1 Å². The summed E-state index contributed by atoms with van der Waals surface area (Å²) in [5.74, 6) is 0.787. The molecule has 2 nitrogen and oxygen atoms in total. The third kappa shape index (κ3) is 8.11. The second-order valence-corrected chi connectivity index (χ2v) is 4.88. The lowest BCUT2D eigenvalue weighted by atomic mass is 9.93. The van der Waals surface area contributed by atoms with Crippen molar-refractivity contribution in [3.63, 3.8) is 0 Å². The van der Waals surface area contributed by atoms with Crippen LogP contribution in [0, 0.1) is 0 Å². The van der Waals surface area contributed by atoms with Crippen molar-refractivity contribution in [1.82, 2.24) is 0 Å². The number of ether oxygens (including phenoxy) is 2. The van der Waals surface area contributed by atoms with Crippen LogP contribution in [0.4, 0.5) is 4.39 Å². The molecule has 0 aliphatic heterocycles. The molecule has 0 aliphatic carbocycles. The SMILES string of the molecule is C=C/C=C(C/C=C\CF)/C(C(=C\C)/COCC)=C(/C=C/C)OCC. The molecule has 0 heterocycles. The van der Waals surface area contributed by atoms with Crippen LogP contribution in [0.25, 0.3) is 0 Å². The van der Waals surface area contributed by atoms with Gasteiger partial charge < -0.3 is 9.47 Å². The fourth-order valence-corrected chi connectivity index (χ4v) is 2.21. The molecule has 3 heteroatoms. The predicted molar refractivity (Wildman–Crippen MR) is 102 cm³/mol. The summed E-state index contributed by atoms with van der Waals surface area (Å²) in [7, 11) is 0. The van der Waals surface area contributed by atoms with Crippen molar-refractivity contribution in [1.29, 1.82) is 0 Å². The lowest BCUT2D eigenvalue weighted by Gasteiger charge is -2.19. The number of halogens is 1. The van der Waals surface area contributed by atoms with E-state index in [1.165, 1.54) is 6.08 Å². The fourth-order valence-electron chi connectivity index (χ4n) is 2.21. The topological polar surface area (TPSA) is 18.5 Å². The van der Waals surface area contributed by atoms with Gasteiger partial charge in [0, 0.05) is 12.2 Å². The fraction of sp³-hybridized carbons (Fsp3) is 0.429. The van der Waals surface area contributed by atoms with Gasteiger partial charge in [0.25, 0.3) is 0 Å². The van der Waals surface area contributed by atoms with E-state index in [1.807, 2.05) is 58.1 Å². The Morgan fingerprint density at radius 3 is 2.33 bits per heavy atom. The Bertz CT molecular complexity index is 508. The summed E-state index contributed by atoms with van der Waals surface area (Å²) >= 11 is 0. The van der Waals surface area contributed by atoms with Crippen LogP contribution in [0.15, 0.2) is 71.6 Å². The Morgan fingerprint density at radius 1 is 1.08 bits per heavy atom. The standard InChI is InChI=1S/C21H31FO2/c1-6-13-19(15-11-12-16-22)21(18(8-3)17-23-9-4)20(14-7-2)24-10-5/h6-8,11-14H,1,9-10,15-17H2,2-5H3/b12-11-,14-7+,18-8-,19-13+,21-20-. The van der Waals surface area contributed by atoms with Crippen molar-refractivity contribution in [3.8, 4) is 0 Å². The third-order valence-corrected chi connectivity index (χ3v) is 3.23. The molecular weight excluding hydrogens is 303 g/mol. The molecule has 0 rings (SSSR count). The second kappa shape index (κ2) is 14.7. The maximum atomic E-state index is 12.4. The third-order valence-electron chi connectivity index (χ3n) is 3.23. The highest BCUT2D eigenvalue weighted by atomic mass is 19.1. The molecule has 0 radical (unpaired) electrons. The van der Waals surface area contributed by atoms with Gasteiger partial charge >= 0.3 is 0 Å². The van der Waals surface area contributed by atoms with Crippen LogP contribution >= 0.6 is 0 Å². The molecule has 0 aromatic rings. The lowest BCUT2D eigenvalue weighted by Crippen LogP contribution is -2.07. The van der Waals surface area contributed by atoms with Crippen LogP contribution in [-0.2, 0) is 9.47 Å². The molecule has 0 fully saturated rings. The van der Waals surface area contributed by atoms with E-state index in [0.29, 0.717) is 26.2 Å². The first kappa shape index (κ1) is 22.1. The zero-order chi connectivity index (χ0) is 18.2. The number of hydrogen-bond donors (Lipinski definition) is 0. The molecule has 0 aromatic carbocycles. The van der Waals surface area contributed by atoms with Crippen LogP contribution < -0.4 is 0 Å². The number of allylic oxidation sites excluding steroid dienone is 8. The zero-order valence-electron chi connectivity index (χ0n) is 15.5. The van der Waals surface area contributed by atoms with Crippen molar-refractivity contribution < 1.29 is 13.9 Å². The van der Waals surface area contributed by atoms with Gasteiger partial charge in [-0.2, -0.15) is 0 Å². The Hall–Kier alpha value is -1.87. The molecule has 134 valence electrons. The summed E-state index contributed by atoms with van der Waals surface area (Å²) in [4.78, 5) is 0. The Kier molecular flexibility index (Phi) is 13.6. The first-order valence-electron chi connectivity index (χ1n) is 8.45. The van der Waals surface area contributed by atoms with E-state index in [0.717, 1.165) is 22.5 Å². The van der Waals surface area contributed by atoms with Gasteiger partial charge in [-0.3, -0.25) is 0 Å². The summed E-state index contributed by atoms with van der Waals surface area (Å²) in [6.45, 7) is 12.9. The zero-order valence-corrected chi connectivity index (χ0v) is 15.5. The number of alkyl halides is 1. The van der Waals surface area contributed by atoms with Gasteiger partial charge in [0.2, 0.25) is 0 Å². The van der Waals surface area contributed by atoms with Crippen LogP contribution in [0.3, 0.4) is 0 Å². The van der Waals surface area contributed by atoms with E-state index in [1.54, 1.807) is 6.08 Å². The van der Waals surface area contributed by atoms with Gasteiger partial charge in [-0.05, 0) is 51.3 Å². The lowest BCUT2D eigenvalue weighted by molar-refractivity contribution is 0.171. The first-order chi connectivity index (χ1) is 11.7. The minimum atomic E-state index is -0.469. The molecule has 0 saturated heterocycles. The monoisotopic (exact) mass is 334 g/mol. The molecule has 0 atom stereocenters. The summed E-state index contributed by atoms with van der Waals surface area (Å²) in [5, 5.41) is 0. The number of hydrogen-bond acceptors (Lipinski definition) is 2. The Labute approximate surface area is 146 Å². The minimum Gasteiger partial charge on any atom is -0.493 e. The average Bonchev–Trinajstić information content (AvgIpc) is 2.58. The van der Waals surface area contributed by atoms with Gasteiger partial charge in [-0.1, -0.05) is 43.0 Å². The maximum Gasteiger partial charge on any atom is 0.126 e. The maximum absolute atomic E-state index is 12.4. The Morgan fingerprint density at radius 2 is 1.83 bits per heavy atom. The predicted octanol–water partition coefficient (Wildman–Crippen LogP) is 5.86. The smallest absolute Gasteiger partial charge is 0.126 e.